The maximum absolute atomic E-state index is 4.60. The number of pyridine rings is 1. The number of para-hydroxylation sites is 2. The van der Waals surface area contributed by atoms with Crippen molar-refractivity contribution in [3.05, 3.63) is 54.4 Å². The maximum atomic E-state index is 4.60. The molecule has 3 aromatic rings. The topological polar surface area (TPSA) is 53.9 Å². The van der Waals surface area contributed by atoms with Gasteiger partial charge in [-0.3, -0.25) is 4.98 Å². The first kappa shape index (κ1) is 15.2. The Bertz CT molecular complexity index is 783. The summed E-state index contributed by atoms with van der Waals surface area (Å²) in [7, 11) is 0. The largest absolute Gasteiger partial charge is 0.365 e. The Balaban J connectivity index is 1.79. The second-order valence-electron chi connectivity index (χ2n) is 5.26. The number of hydrogen-bond donors (Lipinski definition) is 1. The van der Waals surface area contributed by atoms with Gasteiger partial charge >= 0.3 is 0 Å². The Hall–Kier alpha value is -2.69. The van der Waals surface area contributed by atoms with Crippen LogP contribution in [-0.4, -0.2) is 28.0 Å². The molecule has 0 aliphatic heterocycles. The summed E-state index contributed by atoms with van der Waals surface area (Å²) in [4.78, 5) is 15.8. The van der Waals surface area contributed by atoms with Crippen LogP contribution in [0.1, 0.15) is 19.4 Å². The first-order valence-electron chi connectivity index (χ1n) is 7.96. The number of benzene rings is 1. The molecule has 0 spiro atoms. The van der Waals surface area contributed by atoms with E-state index in [1.165, 1.54) is 0 Å². The van der Waals surface area contributed by atoms with Gasteiger partial charge in [0.2, 0.25) is 0 Å². The number of hydrogen-bond acceptors (Lipinski definition) is 5. The molecular formula is C18H21N5. The molecule has 2 heterocycles. The molecule has 0 amide bonds. The lowest BCUT2D eigenvalue weighted by Gasteiger charge is -2.22. The predicted octanol–water partition coefficient (Wildman–Crippen LogP) is 3.48. The molecule has 0 aliphatic rings. The van der Waals surface area contributed by atoms with E-state index in [0.29, 0.717) is 6.54 Å². The lowest BCUT2D eigenvalue weighted by molar-refractivity contribution is 0.834. The highest BCUT2D eigenvalue weighted by atomic mass is 15.2. The first-order valence-corrected chi connectivity index (χ1v) is 7.96. The number of fused-ring (bicyclic) bond motifs is 1. The average Bonchev–Trinajstić information content (AvgIpc) is 2.62. The van der Waals surface area contributed by atoms with E-state index in [1.54, 1.807) is 6.20 Å². The standard InChI is InChI=1S/C18H21N5/c1-3-23(4-2)18-14(8-7-11-19-18)12-21-17-13-20-15-9-5-6-10-16(15)22-17/h5-11,13H,3-4,12H2,1-2H3,(H,21,22). The lowest BCUT2D eigenvalue weighted by atomic mass is 10.2. The highest BCUT2D eigenvalue weighted by molar-refractivity contribution is 5.75. The molecule has 0 atom stereocenters. The first-order chi connectivity index (χ1) is 11.3. The molecule has 1 N–H and O–H groups in total. The van der Waals surface area contributed by atoms with Crippen LogP contribution in [0.25, 0.3) is 11.0 Å². The van der Waals surface area contributed by atoms with E-state index in [4.69, 9.17) is 0 Å². The summed E-state index contributed by atoms with van der Waals surface area (Å²) in [5, 5.41) is 3.36. The monoisotopic (exact) mass is 307 g/mol. The van der Waals surface area contributed by atoms with Gasteiger partial charge in [0.05, 0.1) is 17.2 Å². The summed E-state index contributed by atoms with van der Waals surface area (Å²) >= 11 is 0. The van der Waals surface area contributed by atoms with Crippen molar-refractivity contribution in [2.24, 2.45) is 0 Å². The van der Waals surface area contributed by atoms with Crippen LogP contribution in [0.5, 0.6) is 0 Å². The van der Waals surface area contributed by atoms with Crippen molar-refractivity contribution in [3.8, 4) is 0 Å². The molecule has 5 heteroatoms. The third kappa shape index (κ3) is 3.39. The fourth-order valence-corrected chi connectivity index (χ4v) is 2.60. The molecule has 0 bridgehead atoms. The summed E-state index contributed by atoms with van der Waals surface area (Å²) in [6.45, 7) is 6.84. The van der Waals surface area contributed by atoms with Crippen LogP contribution in [0.2, 0.25) is 0 Å². The van der Waals surface area contributed by atoms with Crippen molar-refractivity contribution >= 4 is 22.7 Å². The highest BCUT2D eigenvalue weighted by Gasteiger charge is 2.09. The average molecular weight is 307 g/mol. The normalized spacial score (nSPS) is 10.7. The minimum absolute atomic E-state index is 0.673. The molecule has 0 unspecified atom stereocenters. The zero-order valence-electron chi connectivity index (χ0n) is 13.5. The van der Waals surface area contributed by atoms with Crippen LogP contribution >= 0.6 is 0 Å². The van der Waals surface area contributed by atoms with E-state index < -0.39 is 0 Å². The SMILES string of the molecule is CCN(CC)c1ncccc1CNc1cnc2ccccc2n1. The van der Waals surface area contributed by atoms with Crippen LogP contribution in [0.3, 0.4) is 0 Å². The molecule has 0 radical (unpaired) electrons. The Kier molecular flexibility index (Phi) is 4.66. The molecular weight excluding hydrogens is 286 g/mol. The molecule has 0 saturated carbocycles. The Morgan fingerprint density at radius 3 is 2.52 bits per heavy atom. The van der Waals surface area contributed by atoms with Crippen molar-refractivity contribution in [3.63, 3.8) is 0 Å². The van der Waals surface area contributed by atoms with Gasteiger partial charge in [0, 0.05) is 31.4 Å². The van der Waals surface area contributed by atoms with Crippen molar-refractivity contribution in [2.75, 3.05) is 23.3 Å². The van der Waals surface area contributed by atoms with E-state index in [0.717, 1.165) is 41.3 Å². The highest BCUT2D eigenvalue weighted by Crippen LogP contribution is 2.18. The number of aromatic nitrogens is 3. The van der Waals surface area contributed by atoms with Gasteiger partial charge in [-0.1, -0.05) is 18.2 Å². The number of anilines is 2. The fraction of sp³-hybridized carbons (Fsp3) is 0.278. The van der Waals surface area contributed by atoms with Crippen LogP contribution in [0, 0.1) is 0 Å². The van der Waals surface area contributed by atoms with Gasteiger partial charge in [-0.05, 0) is 32.0 Å². The third-order valence-corrected chi connectivity index (χ3v) is 3.84. The van der Waals surface area contributed by atoms with Gasteiger partial charge in [-0.25, -0.2) is 9.97 Å². The minimum Gasteiger partial charge on any atom is -0.365 e. The Labute approximate surface area is 136 Å². The fourth-order valence-electron chi connectivity index (χ4n) is 2.60. The van der Waals surface area contributed by atoms with Crippen molar-refractivity contribution in [1.29, 1.82) is 0 Å². The van der Waals surface area contributed by atoms with E-state index in [1.807, 2.05) is 36.5 Å². The van der Waals surface area contributed by atoms with Crippen LogP contribution in [-0.2, 0) is 6.54 Å². The minimum atomic E-state index is 0.673. The van der Waals surface area contributed by atoms with E-state index >= 15 is 0 Å². The lowest BCUT2D eigenvalue weighted by Crippen LogP contribution is -2.24. The van der Waals surface area contributed by atoms with Crippen LogP contribution in [0.15, 0.2) is 48.8 Å². The predicted molar refractivity (Wildman–Crippen MR) is 94.7 cm³/mol. The van der Waals surface area contributed by atoms with Crippen LogP contribution in [0.4, 0.5) is 11.6 Å². The summed E-state index contributed by atoms with van der Waals surface area (Å²) in [5.74, 6) is 1.80. The Morgan fingerprint density at radius 2 is 1.74 bits per heavy atom. The third-order valence-electron chi connectivity index (χ3n) is 3.84. The molecule has 23 heavy (non-hydrogen) atoms. The van der Waals surface area contributed by atoms with Gasteiger partial charge < -0.3 is 10.2 Å². The van der Waals surface area contributed by atoms with Gasteiger partial charge in [0.15, 0.2) is 0 Å². The summed E-state index contributed by atoms with van der Waals surface area (Å²) in [6, 6.07) is 11.9. The Morgan fingerprint density at radius 1 is 0.957 bits per heavy atom. The molecule has 0 fully saturated rings. The number of nitrogens with one attached hydrogen (secondary N) is 1. The van der Waals surface area contributed by atoms with E-state index in [9.17, 15) is 0 Å². The zero-order valence-corrected chi connectivity index (χ0v) is 13.5. The van der Waals surface area contributed by atoms with Crippen LogP contribution < -0.4 is 10.2 Å². The number of nitrogens with zero attached hydrogens (tertiary/aromatic N) is 4. The summed E-state index contributed by atoms with van der Waals surface area (Å²) in [6.07, 6.45) is 3.61. The summed E-state index contributed by atoms with van der Waals surface area (Å²) < 4.78 is 0. The van der Waals surface area contributed by atoms with Gasteiger partial charge in [0.1, 0.15) is 11.6 Å². The molecule has 0 saturated heterocycles. The molecule has 2 aromatic heterocycles. The second kappa shape index (κ2) is 7.05. The summed E-state index contributed by atoms with van der Waals surface area (Å²) in [5.41, 5.74) is 2.96. The molecule has 0 aliphatic carbocycles. The van der Waals surface area contributed by atoms with Crippen molar-refractivity contribution < 1.29 is 0 Å². The smallest absolute Gasteiger partial charge is 0.145 e. The molecule has 5 nitrogen and oxygen atoms in total. The van der Waals surface area contributed by atoms with Gasteiger partial charge in [0.25, 0.3) is 0 Å². The zero-order chi connectivity index (χ0) is 16.1. The molecule has 3 rings (SSSR count). The maximum Gasteiger partial charge on any atom is 0.145 e. The van der Waals surface area contributed by atoms with E-state index in [2.05, 4.69) is 45.1 Å². The second-order valence-corrected chi connectivity index (χ2v) is 5.26. The van der Waals surface area contributed by atoms with Gasteiger partial charge in [-0.2, -0.15) is 0 Å². The van der Waals surface area contributed by atoms with Crippen molar-refractivity contribution in [2.45, 2.75) is 20.4 Å². The van der Waals surface area contributed by atoms with Crippen molar-refractivity contribution in [1.82, 2.24) is 15.0 Å². The molecule has 118 valence electrons. The quantitative estimate of drug-likeness (QED) is 0.755. The molecule has 1 aromatic carbocycles. The van der Waals surface area contributed by atoms with Gasteiger partial charge in [-0.15, -0.1) is 0 Å². The number of rotatable bonds is 6. The van der Waals surface area contributed by atoms with E-state index in [-0.39, 0.29) is 0 Å².